The van der Waals surface area contributed by atoms with Crippen LogP contribution in [0.3, 0.4) is 0 Å². The average Bonchev–Trinajstić information content (AvgIpc) is 2.14. The highest BCUT2D eigenvalue weighted by molar-refractivity contribution is 5.81. The Morgan fingerprint density at radius 2 is 2.19 bits per heavy atom. The minimum Gasteiger partial charge on any atom is -1.00 e. The zero-order chi connectivity index (χ0) is 11.3. The number of aromatic nitrogens is 1. The topological polar surface area (TPSA) is 41.2 Å². The molecule has 0 aromatic carbocycles. The van der Waals surface area contributed by atoms with Crippen molar-refractivity contribution in [3.05, 3.63) is 47.8 Å². The fourth-order valence-electron chi connectivity index (χ4n) is 1.18. The van der Waals surface area contributed by atoms with E-state index in [9.17, 15) is 4.79 Å². The van der Waals surface area contributed by atoms with Gasteiger partial charge in [-0.1, -0.05) is 6.08 Å². The molecule has 4 heteroatoms. The minimum absolute atomic E-state index is 0. The number of allylic oxidation sites excluding steroid dienone is 2. The minimum atomic E-state index is -0.921. The second-order valence-electron chi connectivity index (χ2n) is 3.36. The molecule has 0 unspecified atom stereocenters. The number of hydrogen-bond acceptors (Lipinski definition) is 1. The first-order chi connectivity index (χ1) is 7.08. The Kier molecular flexibility index (Phi) is 6.64. The first kappa shape index (κ1) is 14.8. The van der Waals surface area contributed by atoms with Gasteiger partial charge in [-0.15, -0.1) is 0 Å². The van der Waals surface area contributed by atoms with E-state index in [1.54, 1.807) is 13.0 Å². The van der Waals surface area contributed by atoms with E-state index >= 15 is 0 Å². The third-order valence-electron chi connectivity index (χ3n) is 1.85. The highest BCUT2D eigenvalue weighted by Gasteiger charge is 1.94. The smallest absolute Gasteiger partial charge is 0.328 e. The van der Waals surface area contributed by atoms with E-state index in [4.69, 9.17) is 5.11 Å². The van der Waals surface area contributed by atoms with Crippen LogP contribution in [0.15, 0.2) is 42.3 Å². The zero-order valence-electron chi connectivity index (χ0n) is 9.22. The third kappa shape index (κ3) is 5.65. The standard InChI is InChI=1S/C12H13NO2.HI/c1-10(8-12(14)15)5-6-11-4-3-7-13(2)9-11;/h3-9H,1-2H3;1H/b6-5-,10-8-;. The van der Waals surface area contributed by atoms with Gasteiger partial charge in [-0.3, -0.25) is 0 Å². The Balaban J connectivity index is 0.00000225. The van der Waals surface area contributed by atoms with Gasteiger partial charge in [0.15, 0.2) is 12.4 Å². The highest BCUT2D eigenvalue weighted by Crippen LogP contribution is 2.02. The molecule has 0 radical (unpaired) electrons. The summed E-state index contributed by atoms with van der Waals surface area (Å²) >= 11 is 0. The molecule has 0 fully saturated rings. The van der Waals surface area contributed by atoms with Gasteiger partial charge in [0.2, 0.25) is 0 Å². The molecule has 1 rings (SSSR count). The molecule has 16 heavy (non-hydrogen) atoms. The van der Waals surface area contributed by atoms with E-state index < -0.39 is 5.97 Å². The van der Waals surface area contributed by atoms with E-state index in [2.05, 4.69) is 0 Å². The lowest BCUT2D eigenvalue weighted by atomic mass is 10.2. The molecule has 0 aliphatic rings. The summed E-state index contributed by atoms with van der Waals surface area (Å²) in [5.74, 6) is -0.921. The molecule has 0 spiro atoms. The fraction of sp³-hybridized carbons (Fsp3) is 0.167. The summed E-state index contributed by atoms with van der Waals surface area (Å²) in [4.78, 5) is 10.4. The van der Waals surface area contributed by atoms with Gasteiger partial charge in [0, 0.05) is 17.7 Å². The van der Waals surface area contributed by atoms with Gasteiger partial charge in [-0.25, -0.2) is 9.36 Å². The van der Waals surface area contributed by atoms with Crippen molar-refractivity contribution in [3.8, 4) is 0 Å². The van der Waals surface area contributed by atoms with Crippen LogP contribution in [0.5, 0.6) is 0 Å². The molecule has 1 aromatic heterocycles. The van der Waals surface area contributed by atoms with Crippen molar-refractivity contribution in [2.75, 3.05) is 0 Å². The number of hydrogen-bond donors (Lipinski definition) is 1. The SMILES string of the molecule is CC(/C=C\c1ccc[n+](C)c1)=C/C(=O)O.[I-]. The third-order valence-corrected chi connectivity index (χ3v) is 1.85. The molecule has 1 N–H and O–H groups in total. The summed E-state index contributed by atoms with van der Waals surface area (Å²) in [6.45, 7) is 1.76. The first-order valence-corrected chi connectivity index (χ1v) is 4.62. The van der Waals surface area contributed by atoms with E-state index in [0.717, 1.165) is 5.56 Å². The van der Waals surface area contributed by atoms with Crippen LogP contribution in [0.1, 0.15) is 12.5 Å². The molecular weight excluding hydrogens is 317 g/mol. The van der Waals surface area contributed by atoms with Crippen LogP contribution in [-0.2, 0) is 11.8 Å². The monoisotopic (exact) mass is 331 g/mol. The summed E-state index contributed by atoms with van der Waals surface area (Å²) in [5.41, 5.74) is 1.76. The van der Waals surface area contributed by atoms with Crippen LogP contribution in [0.4, 0.5) is 0 Å². The molecule has 0 saturated heterocycles. The average molecular weight is 331 g/mol. The maximum atomic E-state index is 10.4. The van der Waals surface area contributed by atoms with Crippen LogP contribution < -0.4 is 28.5 Å². The summed E-state index contributed by atoms with van der Waals surface area (Å²) in [6, 6.07) is 3.90. The Hall–Kier alpha value is -1.17. The van der Waals surface area contributed by atoms with Crippen molar-refractivity contribution in [1.29, 1.82) is 0 Å². The van der Waals surface area contributed by atoms with Crippen LogP contribution in [0, 0.1) is 0 Å². The van der Waals surface area contributed by atoms with Crippen LogP contribution >= 0.6 is 0 Å². The summed E-state index contributed by atoms with van der Waals surface area (Å²) in [6.07, 6.45) is 8.75. The van der Waals surface area contributed by atoms with Crippen LogP contribution in [0.25, 0.3) is 6.08 Å². The van der Waals surface area contributed by atoms with Crippen LogP contribution in [-0.4, -0.2) is 11.1 Å². The van der Waals surface area contributed by atoms with E-state index in [-0.39, 0.29) is 24.0 Å². The Morgan fingerprint density at radius 3 is 2.75 bits per heavy atom. The molecule has 0 atom stereocenters. The fourth-order valence-corrected chi connectivity index (χ4v) is 1.18. The summed E-state index contributed by atoms with van der Waals surface area (Å²) in [5, 5.41) is 8.51. The molecule has 1 aromatic rings. The number of carboxylic acids is 1. The Morgan fingerprint density at radius 1 is 1.50 bits per heavy atom. The van der Waals surface area contributed by atoms with Crippen molar-refractivity contribution >= 4 is 12.0 Å². The van der Waals surface area contributed by atoms with Crippen LogP contribution in [0.2, 0.25) is 0 Å². The number of pyridine rings is 1. The van der Waals surface area contributed by atoms with Gasteiger partial charge < -0.3 is 29.1 Å². The van der Waals surface area contributed by atoms with Crippen molar-refractivity contribution in [1.82, 2.24) is 0 Å². The molecule has 0 aliphatic heterocycles. The molecule has 0 bridgehead atoms. The molecule has 0 amide bonds. The normalized spacial score (nSPS) is 11.2. The van der Waals surface area contributed by atoms with Crippen molar-refractivity contribution in [3.63, 3.8) is 0 Å². The van der Waals surface area contributed by atoms with E-state index in [0.29, 0.717) is 5.57 Å². The lowest BCUT2D eigenvalue weighted by Crippen LogP contribution is -3.00. The predicted molar refractivity (Wildman–Crippen MR) is 58.0 cm³/mol. The zero-order valence-corrected chi connectivity index (χ0v) is 11.4. The Bertz CT molecular complexity index is 425. The van der Waals surface area contributed by atoms with Gasteiger partial charge in [0.05, 0.1) is 0 Å². The number of carboxylic acid groups (broad SMARTS) is 1. The second-order valence-corrected chi connectivity index (χ2v) is 3.36. The van der Waals surface area contributed by atoms with Crippen molar-refractivity contribution in [2.45, 2.75) is 6.92 Å². The maximum Gasteiger partial charge on any atom is 0.328 e. The first-order valence-electron chi connectivity index (χ1n) is 4.62. The van der Waals surface area contributed by atoms with E-state index in [1.807, 2.05) is 42.2 Å². The number of halogens is 1. The number of nitrogens with zero attached hydrogens (tertiary/aromatic N) is 1. The van der Waals surface area contributed by atoms with E-state index in [1.165, 1.54) is 6.08 Å². The van der Waals surface area contributed by atoms with Gasteiger partial charge in [-0.2, -0.15) is 0 Å². The molecule has 0 saturated carbocycles. The highest BCUT2D eigenvalue weighted by atomic mass is 127. The predicted octanol–water partition coefficient (Wildman–Crippen LogP) is -1.44. The maximum absolute atomic E-state index is 10.4. The van der Waals surface area contributed by atoms with Gasteiger partial charge in [-0.05, 0) is 24.6 Å². The molecular formula is C12H14INO2. The molecule has 1 heterocycles. The molecule has 86 valence electrons. The van der Waals surface area contributed by atoms with Gasteiger partial charge in [0.1, 0.15) is 7.05 Å². The summed E-state index contributed by atoms with van der Waals surface area (Å²) in [7, 11) is 1.94. The Labute approximate surface area is 112 Å². The second kappa shape index (κ2) is 7.16. The largest absolute Gasteiger partial charge is 1.00 e. The van der Waals surface area contributed by atoms with Crippen molar-refractivity contribution in [2.24, 2.45) is 7.05 Å². The summed E-state index contributed by atoms with van der Waals surface area (Å²) < 4.78 is 1.94. The molecule has 0 aliphatic carbocycles. The quantitative estimate of drug-likeness (QED) is 0.319. The lowest BCUT2D eigenvalue weighted by Gasteiger charge is -1.91. The lowest BCUT2D eigenvalue weighted by molar-refractivity contribution is -0.671. The molecule has 3 nitrogen and oxygen atoms in total. The van der Waals surface area contributed by atoms with Crippen molar-refractivity contribution < 1.29 is 38.4 Å². The van der Waals surface area contributed by atoms with Gasteiger partial charge in [0.25, 0.3) is 0 Å². The number of rotatable bonds is 3. The number of aryl methyl sites for hydroxylation is 1. The number of carbonyl (C=O) groups is 1. The number of aliphatic carboxylic acids is 1. The van der Waals surface area contributed by atoms with Gasteiger partial charge >= 0.3 is 5.97 Å².